The Bertz CT molecular complexity index is 1040. The first kappa shape index (κ1) is 20.2. The Morgan fingerprint density at radius 2 is 0.893 bits per heavy atom. The van der Waals surface area contributed by atoms with Gasteiger partial charge in [-0.15, -0.1) is 23.5 Å². The van der Waals surface area contributed by atoms with Gasteiger partial charge >= 0.3 is 0 Å². The average molecular weight is 405 g/mol. The molecule has 0 spiro atoms. The molecule has 0 amide bonds. The van der Waals surface area contributed by atoms with Crippen molar-refractivity contribution in [1.29, 1.82) is 0 Å². The van der Waals surface area contributed by atoms with Crippen LogP contribution in [0, 0.1) is 0 Å². The summed E-state index contributed by atoms with van der Waals surface area (Å²) in [5.41, 5.74) is 1.55. The highest BCUT2D eigenvalue weighted by Crippen LogP contribution is 2.26. The summed E-state index contributed by atoms with van der Waals surface area (Å²) >= 11 is 3.21. The molecule has 0 aromatic heterocycles. The predicted octanol–water partition coefficient (Wildman–Crippen LogP) is 6.75. The van der Waals surface area contributed by atoms with Crippen LogP contribution in [-0.2, 0) is 0 Å². The third-order valence-electron chi connectivity index (χ3n) is 4.45. The van der Waals surface area contributed by atoms with Gasteiger partial charge in [0, 0.05) is 20.9 Å². The highest BCUT2D eigenvalue weighted by Gasteiger charge is 2.03. The van der Waals surface area contributed by atoms with Gasteiger partial charge in [0.25, 0.3) is 0 Å². The summed E-state index contributed by atoms with van der Waals surface area (Å²) in [6, 6.07) is 24.1. The lowest BCUT2D eigenvalue weighted by molar-refractivity contribution is 0.111. The molecule has 4 aromatic carbocycles. The number of hydrogen-bond acceptors (Lipinski definition) is 4. The van der Waals surface area contributed by atoms with Crippen molar-refractivity contribution >= 4 is 57.6 Å². The van der Waals surface area contributed by atoms with E-state index in [4.69, 9.17) is 0 Å². The minimum atomic E-state index is 0.774. The zero-order valence-electron chi connectivity index (χ0n) is 15.7. The Morgan fingerprint density at radius 3 is 1.18 bits per heavy atom. The number of aldehydes is 2. The highest BCUT2D eigenvalue weighted by atomic mass is 32.2. The molecule has 0 aliphatic heterocycles. The van der Waals surface area contributed by atoms with Crippen LogP contribution in [0.4, 0.5) is 0 Å². The molecular formula is C24H20O2S2. The van der Waals surface area contributed by atoms with Crippen LogP contribution >= 0.6 is 23.5 Å². The SMILES string of the molecule is CSc1cc2ccccc2cc1C=O.CSc1cc2ccccc2cc1C=O. The van der Waals surface area contributed by atoms with E-state index in [0.717, 1.165) is 44.3 Å². The normalized spacial score (nSPS) is 10.4. The molecule has 0 bridgehead atoms. The Balaban J connectivity index is 0.000000161. The second-order valence-corrected chi connectivity index (χ2v) is 7.81. The van der Waals surface area contributed by atoms with Crippen molar-refractivity contribution in [2.24, 2.45) is 0 Å². The Hall–Kier alpha value is -2.56. The molecule has 140 valence electrons. The van der Waals surface area contributed by atoms with E-state index in [1.807, 2.05) is 61.0 Å². The van der Waals surface area contributed by atoms with Crippen molar-refractivity contribution < 1.29 is 9.59 Å². The number of thioether (sulfide) groups is 2. The summed E-state index contributed by atoms with van der Waals surface area (Å²) < 4.78 is 0. The molecule has 4 rings (SSSR count). The molecule has 0 N–H and O–H groups in total. The largest absolute Gasteiger partial charge is 0.298 e. The van der Waals surface area contributed by atoms with E-state index in [1.165, 1.54) is 10.8 Å². The molecule has 0 radical (unpaired) electrons. The number of rotatable bonds is 4. The van der Waals surface area contributed by atoms with Crippen LogP contribution in [-0.4, -0.2) is 25.1 Å². The Morgan fingerprint density at radius 1 is 0.571 bits per heavy atom. The minimum Gasteiger partial charge on any atom is -0.298 e. The lowest BCUT2D eigenvalue weighted by Crippen LogP contribution is -1.85. The van der Waals surface area contributed by atoms with Crippen LogP contribution in [0.2, 0.25) is 0 Å². The summed E-state index contributed by atoms with van der Waals surface area (Å²) in [4.78, 5) is 23.7. The molecule has 0 saturated heterocycles. The smallest absolute Gasteiger partial charge is 0.151 e. The van der Waals surface area contributed by atoms with Crippen LogP contribution in [0.1, 0.15) is 20.7 Å². The molecule has 4 aromatic rings. The molecule has 0 unspecified atom stereocenters. The van der Waals surface area contributed by atoms with Gasteiger partial charge in [0.2, 0.25) is 0 Å². The van der Waals surface area contributed by atoms with E-state index >= 15 is 0 Å². The van der Waals surface area contributed by atoms with Gasteiger partial charge in [0.05, 0.1) is 0 Å². The summed E-state index contributed by atoms with van der Waals surface area (Å²) in [6.45, 7) is 0. The van der Waals surface area contributed by atoms with E-state index in [-0.39, 0.29) is 0 Å². The molecule has 0 heterocycles. The first-order valence-corrected chi connectivity index (χ1v) is 11.2. The monoisotopic (exact) mass is 404 g/mol. The third-order valence-corrected chi connectivity index (χ3v) is 6.04. The van der Waals surface area contributed by atoms with Crippen molar-refractivity contribution in [1.82, 2.24) is 0 Å². The zero-order valence-corrected chi connectivity index (χ0v) is 17.3. The van der Waals surface area contributed by atoms with Crippen molar-refractivity contribution in [2.75, 3.05) is 12.5 Å². The summed E-state index contributed by atoms with van der Waals surface area (Å²) in [6.07, 6.45) is 5.80. The van der Waals surface area contributed by atoms with Gasteiger partial charge in [0.1, 0.15) is 0 Å². The fourth-order valence-electron chi connectivity index (χ4n) is 3.01. The highest BCUT2D eigenvalue weighted by molar-refractivity contribution is 7.99. The molecule has 0 fully saturated rings. The van der Waals surface area contributed by atoms with Crippen LogP contribution in [0.5, 0.6) is 0 Å². The number of hydrogen-bond donors (Lipinski definition) is 0. The molecule has 28 heavy (non-hydrogen) atoms. The fraction of sp³-hybridized carbons (Fsp3) is 0.0833. The van der Waals surface area contributed by atoms with Crippen LogP contribution < -0.4 is 0 Å². The summed E-state index contributed by atoms with van der Waals surface area (Å²) in [5.74, 6) is 0. The maximum Gasteiger partial charge on any atom is 0.151 e. The van der Waals surface area contributed by atoms with Crippen molar-refractivity contribution in [3.8, 4) is 0 Å². The van der Waals surface area contributed by atoms with E-state index in [0.29, 0.717) is 0 Å². The second-order valence-electron chi connectivity index (χ2n) is 6.12. The van der Waals surface area contributed by atoms with Crippen LogP contribution in [0.3, 0.4) is 0 Å². The Labute approximate surface area is 173 Å². The maximum atomic E-state index is 10.8. The van der Waals surface area contributed by atoms with Gasteiger partial charge < -0.3 is 0 Å². The first-order chi connectivity index (χ1) is 13.7. The number of benzene rings is 4. The third kappa shape index (κ3) is 4.46. The first-order valence-electron chi connectivity index (χ1n) is 8.74. The van der Waals surface area contributed by atoms with E-state index in [1.54, 1.807) is 23.5 Å². The van der Waals surface area contributed by atoms with Gasteiger partial charge in [-0.25, -0.2) is 0 Å². The molecule has 0 aliphatic carbocycles. The average Bonchev–Trinajstić information content (AvgIpc) is 2.77. The lowest BCUT2D eigenvalue weighted by Gasteiger charge is -2.03. The van der Waals surface area contributed by atoms with Gasteiger partial charge in [0.15, 0.2) is 12.6 Å². The zero-order chi connectivity index (χ0) is 19.9. The van der Waals surface area contributed by atoms with Gasteiger partial charge in [-0.2, -0.15) is 0 Å². The van der Waals surface area contributed by atoms with Gasteiger partial charge in [-0.05, 0) is 58.3 Å². The van der Waals surface area contributed by atoms with Crippen molar-refractivity contribution in [3.05, 3.63) is 83.9 Å². The van der Waals surface area contributed by atoms with E-state index < -0.39 is 0 Å². The number of carbonyl (C=O) groups is 2. The van der Waals surface area contributed by atoms with Crippen LogP contribution in [0.15, 0.2) is 82.6 Å². The number of carbonyl (C=O) groups excluding carboxylic acids is 2. The summed E-state index contributed by atoms with van der Waals surface area (Å²) in [7, 11) is 0. The van der Waals surface area contributed by atoms with Gasteiger partial charge in [-0.1, -0.05) is 48.5 Å². The van der Waals surface area contributed by atoms with Crippen molar-refractivity contribution in [2.45, 2.75) is 9.79 Å². The molecular weight excluding hydrogens is 384 g/mol. The maximum absolute atomic E-state index is 10.8. The molecule has 4 heteroatoms. The lowest BCUT2D eigenvalue weighted by atomic mass is 10.1. The molecule has 2 nitrogen and oxygen atoms in total. The van der Waals surface area contributed by atoms with E-state index in [2.05, 4.69) is 24.3 Å². The topological polar surface area (TPSA) is 34.1 Å². The predicted molar refractivity (Wildman–Crippen MR) is 122 cm³/mol. The molecule has 0 saturated carbocycles. The van der Waals surface area contributed by atoms with Gasteiger partial charge in [-0.3, -0.25) is 9.59 Å². The number of fused-ring (bicyclic) bond motifs is 2. The van der Waals surface area contributed by atoms with E-state index in [9.17, 15) is 9.59 Å². The standard InChI is InChI=1S/2C12H10OS/c2*1-14-12-7-10-5-3-2-4-9(10)6-11(12)8-13/h2*2-8H,1H3. The molecule has 0 atom stereocenters. The second kappa shape index (κ2) is 9.58. The minimum absolute atomic E-state index is 0.774. The Kier molecular flexibility index (Phi) is 6.90. The quantitative estimate of drug-likeness (QED) is 0.278. The van der Waals surface area contributed by atoms with Crippen LogP contribution in [0.25, 0.3) is 21.5 Å². The molecule has 0 aliphatic rings. The fourth-order valence-corrected chi connectivity index (χ4v) is 4.19. The van der Waals surface area contributed by atoms with Crippen molar-refractivity contribution in [3.63, 3.8) is 0 Å². The summed E-state index contributed by atoms with van der Waals surface area (Å²) in [5, 5.41) is 4.60.